The minimum atomic E-state index is -2.40. The number of hydrogen-bond acceptors (Lipinski definition) is 0. The standard InChI is InChI=1S/C11H9BF2.C2H6.Ar/c1-8-4-2-5-9-6-3-7-10(11(8)9)12(13)14;1-2;/h2-7H,1H3;1-2H3;. The van der Waals surface area contributed by atoms with Gasteiger partial charge in [-0.05, 0) is 28.7 Å². The fraction of sp³-hybridized carbons (Fsp3) is 0.231. The first-order valence-corrected chi connectivity index (χ1v) is 5.46. The predicted molar refractivity (Wildman–Crippen MR) is 67.6 cm³/mol. The maximum absolute atomic E-state index is 12.7. The van der Waals surface area contributed by atoms with E-state index in [2.05, 4.69) is 0 Å². The normalized spacial score (nSPS) is 9.00. The molecule has 4 heteroatoms. The number of fused-ring (bicyclic) bond motifs is 1. The Labute approximate surface area is 132 Å². The molecule has 2 rings (SSSR count). The molecule has 0 amide bonds. The molecule has 0 N–H and O–H groups in total. The summed E-state index contributed by atoms with van der Waals surface area (Å²) in [6.07, 6.45) is 0. The van der Waals surface area contributed by atoms with Gasteiger partial charge in [0.1, 0.15) is 0 Å². The summed E-state index contributed by atoms with van der Waals surface area (Å²) in [6, 6.07) is 10.6. The smallest absolute Gasteiger partial charge is 0.281 e. The van der Waals surface area contributed by atoms with Crippen molar-refractivity contribution < 1.29 is 46.4 Å². The van der Waals surface area contributed by atoms with Crippen molar-refractivity contribution >= 4 is 23.5 Å². The fourth-order valence-electron chi connectivity index (χ4n) is 1.74. The molecule has 0 spiro atoms. The quantitative estimate of drug-likeness (QED) is 0.684. The molecule has 2 aromatic carbocycles. The van der Waals surface area contributed by atoms with Crippen molar-refractivity contribution in [2.75, 3.05) is 0 Å². The van der Waals surface area contributed by atoms with Crippen LogP contribution in [-0.4, -0.2) is 7.27 Å². The van der Waals surface area contributed by atoms with Gasteiger partial charge in [-0.15, -0.1) is 0 Å². The molecule has 0 nitrogen and oxygen atoms in total. The summed E-state index contributed by atoms with van der Waals surface area (Å²) in [5, 5.41) is 1.56. The topological polar surface area (TPSA) is 0 Å². The molecule has 0 saturated carbocycles. The number of benzene rings is 2. The molecule has 0 aromatic heterocycles. The minimum absolute atomic E-state index is 0. The Hall–Kier alpha value is -0.115. The summed E-state index contributed by atoms with van der Waals surface area (Å²) in [5.41, 5.74) is 1.03. The van der Waals surface area contributed by atoms with Crippen molar-refractivity contribution in [2.45, 2.75) is 20.8 Å². The van der Waals surface area contributed by atoms with E-state index in [0.29, 0.717) is 5.39 Å². The first kappa shape index (κ1) is 16.9. The molecule has 0 unspecified atom stereocenters. The van der Waals surface area contributed by atoms with Crippen LogP contribution in [-0.2, 0) is 0 Å². The van der Waals surface area contributed by atoms with E-state index in [1.165, 1.54) is 6.07 Å². The summed E-state index contributed by atoms with van der Waals surface area (Å²) in [4.78, 5) is 0. The molecule has 92 valence electrons. The summed E-state index contributed by atoms with van der Waals surface area (Å²) < 4.78 is 25.4. The van der Waals surface area contributed by atoms with Gasteiger partial charge in [0.25, 0.3) is 0 Å². The SMILES string of the molecule is CC.Cc1cccc2cccc(B(F)F)c12.[Ar]. The van der Waals surface area contributed by atoms with Crippen molar-refractivity contribution in [3.8, 4) is 0 Å². The molecule has 0 radical (unpaired) electrons. The van der Waals surface area contributed by atoms with Crippen LogP contribution < -0.4 is 5.46 Å². The van der Waals surface area contributed by atoms with Gasteiger partial charge in [0.05, 0.1) is 0 Å². The molecule has 0 heterocycles. The van der Waals surface area contributed by atoms with Crippen LogP contribution >= 0.6 is 0 Å². The van der Waals surface area contributed by atoms with Gasteiger partial charge in [-0.3, -0.25) is 8.63 Å². The Morgan fingerprint density at radius 2 is 1.47 bits per heavy atom. The first-order valence-electron chi connectivity index (χ1n) is 5.46. The van der Waals surface area contributed by atoms with Crippen LogP contribution in [0.4, 0.5) is 8.63 Å². The van der Waals surface area contributed by atoms with Crippen LogP contribution in [0.3, 0.4) is 0 Å². The average Bonchev–Trinajstić information content (AvgIpc) is 2.31. The summed E-state index contributed by atoms with van der Waals surface area (Å²) >= 11 is 0. The van der Waals surface area contributed by atoms with Gasteiger partial charge in [-0.1, -0.05) is 50.2 Å². The van der Waals surface area contributed by atoms with E-state index < -0.39 is 7.27 Å². The number of rotatable bonds is 1. The van der Waals surface area contributed by atoms with Crippen molar-refractivity contribution in [1.29, 1.82) is 0 Å². The Balaban J connectivity index is 0.000000811. The predicted octanol–water partition coefficient (Wildman–Crippen LogP) is 3.81. The molecule has 0 fully saturated rings. The molecule has 17 heavy (non-hydrogen) atoms. The molecular weight excluding hydrogens is 245 g/mol. The van der Waals surface area contributed by atoms with Gasteiger partial charge in [0.2, 0.25) is 0 Å². The van der Waals surface area contributed by atoms with E-state index >= 15 is 0 Å². The van der Waals surface area contributed by atoms with Crippen molar-refractivity contribution in [2.24, 2.45) is 0 Å². The van der Waals surface area contributed by atoms with Crippen LogP contribution in [0.1, 0.15) is 19.4 Å². The maximum atomic E-state index is 12.7. The van der Waals surface area contributed by atoms with Crippen LogP contribution in [0.25, 0.3) is 10.8 Å². The molecule has 0 aliphatic heterocycles. The summed E-state index contributed by atoms with van der Waals surface area (Å²) in [5.74, 6) is 0. The van der Waals surface area contributed by atoms with Gasteiger partial charge < -0.3 is 0 Å². The molecular formula is C13H15ArBF2. The maximum Gasteiger partial charge on any atom is 0.572 e. The summed E-state index contributed by atoms with van der Waals surface area (Å²) in [6.45, 7) is 5.86. The van der Waals surface area contributed by atoms with Crippen LogP contribution in [0, 0.1) is 44.7 Å². The third-order valence-electron chi connectivity index (χ3n) is 2.38. The Morgan fingerprint density at radius 1 is 0.941 bits per heavy atom. The monoisotopic (exact) mass is 260 g/mol. The van der Waals surface area contributed by atoms with E-state index in [9.17, 15) is 8.63 Å². The number of halogens is 2. The second-order valence-corrected chi connectivity index (χ2v) is 3.32. The Bertz CT molecular complexity index is 467. The van der Waals surface area contributed by atoms with E-state index in [-0.39, 0.29) is 43.2 Å². The van der Waals surface area contributed by atoms with Gasteiger partial charge >= 0.3 is 7.27 Å². The molecule has 2 aromatic rings. The average molecular weight is 260 g/mol. The molecule has 0 aliphatic carbocycles. The van der Waals surface area contributed by atoms with E-state index in [4.69, 9.17) is 0 Å². The van der Waals surface area contributed by atoms with Gasteiger partial charge in [-0.25, -0.2) is 0 Å². The molecule has 0 atom stereocenters. The van der Waals surface area contributed by atoms with Gasteiger partial charge in [0.15, 0.2) is 0 Å². The first-order chi connectivity index (χ1) is 7.70. The third-order valence-corrected chi connectivity index (χ3v) is 2.38. The van der Waals surface area contributed by atoms with Crippen LogP contribution in [0.2, 0.25) is 0 Å². The second kappa shape index (κ2) is 8.07. The minimum Gasteiger partial charge on any atom is -0.281 e. The number of aryl methyl sites for hydroxylation is 1. The second-order valence-electron chi connectivity index (χ2n) is 3.32. The van der Waals surface area contributed by atoms with Gasteiger partial charge in [-0.2, -0.15) is 0 Å². The summed E-state index contributed by atoms with van der Waals surface area (Å²) in [7, 11) is -2.40. The Morgan fingerprint density at radius 3 is 2.00 bits per heavy atom. The molecule has 0 aliphatic rings. The fourth-order valence-corrected chi connectivity index (χ4v) is 1.74. The molecule has 0 bridgehead atoms. The Kier molecular flexibility index (Phi) is 8.01. The zero-order valence-corrected chi connectivity index (χ0v) is 10.9. The van der Waals surface area contributed by atoms with Crippen molar-refractivity contribution in [3.63, 3.8) is 0 Å². The largest absolute Gasteiger partial charge is 0.572 e. The van der Waals surface area contributed by atoms with Crippen LogP contribution in [0.15, 0.2) is 36.4 Å². The zero-order valence-electron chi connectivity index (χ0n) is 10.2. The zero-order chi connectivity index (χ0) is 12.1. The van der Waals surface area contributed by atoms with Crippen molar-refractivity contribution in [3.05, 3.63) is 42.0 Å². The van der Waals surface area contributed by atoms with Gasteiger partial charge in [0, 0.05) is 37.7 Å². The van der Waals surface area contributed by atoms with E-state index in [1.54, 1.807) is 6.07 Å². The molecule has 0 saturated heterocycles. The van der Waals surface area contributed by atoms with Crippen LogP contribution in [0.5, 0.6) is 0 Å². The van der Waals surface area contributed by atoms with E-state index in [0.717, 1.165) is 10.9 Å². The van der Waals surface area contributed by atoms with E-state index in [1.807, 2.05) is 45.0 Å². The third kappa shape index (κ3) is 3.94. The number of hydrogen-bond donors (Lipinski definition) is 0. The van der Waals surface area contributed by atoms with Crippen molar-refractivity contribution in [1.82, 2.24) is 0 Å².